The first kappa shape index (κ1) is 20.7. The minimum Gasteiger partial charge on any atom is -0.352 e. The minimum absolute atomic E-state index is 0.186. The molecule has 2 aliphatic rings. The van der Waals surface area contributed by atoms with Crippen molar-refractivity contribution >= 4 is 23.0 Å². The minimum atomic E-state index is 0.186. The number of benzene rings is 2. The van der Waals surface area contributed by atoms with Gasteiger partial charge in [0.15, 0.2) is 17.3 Å². The molecule has 1 atom stereocenters. The lowest BCUT2D eigenvalue weighted by Crippen LogP contribution is -2.53. The zero-order valence-electron chi connectivity index (χ0n) is 19.0. The van der Waals surface area contributed by atoms with Gasteiger partial charge in [0.2, 0.25) is 0 Å². The Hall–Kier alpha value is -3.19. The van der Waals surface area contributed by atoms with Crippen LogP contribution in [-0.2, 0) is 6.42 Å². The molecule has 1 unspecified atom stereocenters. The monoisotopic (exact) mass is 429 g/mol. The van der Waals surface area contributed by atoms with E-state index in [4.69, 9.17) is 15.2 Å². The SMILES string of the molecule is Cc1ccc(CCC2CN(C3=Nc4ccccc4Nc4nn(C(C)C)nc43)CCN2)cc1. The summed E-state index contributed by atoms with van der Waals surface area (Å²) < 4.78 is 0. The second-order valence-electron chi connectivity index (χ2n) is 9.01. The van der Waals surface area contributed by atoms with Gasteiger partial charge in [-0.25, -0.2) is 4.99 Å². The molecule has 1 aromatic heterocycles. The third kappa shape index (κ3) is 4.25. The van der Waals surface area contributed by atoms with E-state index in [0.29, 0.717) is 6.04 Å². The Kier molecular flexibility index (Phi) is 5.66. The summed E-state index contributed by atoms with van der Waals surface area (Å²) in [5.74, 6) is 1.68. The number of aromatic nitrogens is 3. The Bertz CT molecular complexity index is 1110. The van der Waals surface area contributed by atoms with Gasteiger partial charge in [-0.1, -0.05) is 42.0 Å². The largest absolute Gasteiger partial charge is 0.352 e. The number of hydrogen-bond donors (Lipinski definition) is 2. The number of amidine groups is 1. The van der Waals surface area contributed by atoms with Gasteiger partial charge in [0.25, 0.3) is 0 Å². The second kappa shape index (κ2) is 8.74. The molecule has 1 saturated heterocycles. The number of para-hydroxylation sites is 2. The van der Waals surface area contributed by atoms with Crippen LogP contribution in [0.1, 0.15) is 43.1 Å². The van der Waals surface area contributed by atoms with Gasteiger partial charge in [-0.3, -0.25) is 0 Å². The Labute approximate surface area is 189 Å². The lowest BCUT2D eigenvalue weighted by molar-refractivity contribution is 0.281. The maximum atomic E-state index is 5.08. The fourth-order valence-corrected chi connectivity index (χ4v) is 4.29. The number of hydrogen-bond acceptors (Lipinski definition) is 6. The van der Waals surface area contributed by atoms with E-state index in [2.05, 4.69) is 60.6 Å². The van der Waals surface area contributed by atoms with Gasteiger partial charge in [0, 0.05) is 25.7 Å². The van der Waals surface area contributed by atoms with Crippen LogP contribution < -0.4 is 10.6 Å². The van der Waals surface area contributed by atoms with Crippen LogP contribution in [0.2, 0.25) is 0 Å². The summed E-state index contributed by atoms with van der Waals surface area (Å²) in [6.07, 6.45) is 2.16. The summed E-state index contributed by atoms with van der Waals surface area (Å²) in [5, 5.41) is 16.7. The van der Waals surface area contributed by atoms with E-state index in [1.165, 1.54) is 11.1 Å². The Morgan fingerprint density at radius 2 is 1.88 bits per heavy atom. The fourth-order valence-electron chi connectivity index (χ4n) is 4.29. The molecular formula is C25H31N7. The van der Waals surface area contributed by atoms with Crippen LogP contribution in [0.5, 0.6) is 0 Å². The Morgan fingerprint density at radius 1 is 1.06 bits per heavy atom. The fraction of sp³-hybridized carbons (Fsp3) is 0.400. The maximum Gasteiger partial charge on any atom is 0.184 e. The number of rotatable bonds is 4. The van der Waals surface area contributed by atoms with Crippen molar-refractivity contribution in [3.8, 4) is 0 Å². The van der Waals surface area contributed by atoms with Gasteiger partial charge in [0.1, 0.15) is 0 Å². The van der Waals surface area contributed by atoms with E-state index in [1.54, 1.807) is 4.80 Å². The lowest BCUT2D eigenvalue weighted by Gasteiger charge is -2.35. The zero-order chi connectivity index (χ0) is 22.1. The van der Waals surface area contributed by atoms with Gasteiger partial charge in [-0.2, -0.15) is 4.80 Å². The molecule has 5 rings (SSSR count). The average Bonchev–Trinajstić information content (AvgIpc) is 3.15. The van der Waals surface area contributed by atoms with Crippen molar-refractivity contribution in [1.82, 2.24) is 25.2 Å². The third-order valence-corrected chi connectivity index (χ3v) is 6.14. The molecule has 32 heavy (non-hydrogen) atoms. The molecule has 0 bridgehead atoms. The second-order valence-corrected chi connectivity index (χ2v) is 9.01. The lowest BCUT2D eigenvalue weighted by atomic mass is 10.0. The van der Waals surface area contributed by atoms with E-state index < -0.39 is 0 Å². The molecule has 0 spiro atoms. The molecule has 166 valence electrons. The number of anilines is 2. The highest BCUT2D eigenvalue weighted by Crippen LogP contribution is 2.33. The standard InChI is InChI=1S/C25H31N7/c1-17(2)32-29-23-24(30-32)27-21-6-4-5-7-22(21)28-25(23)31-15-14-26-20(16-31)13-12-19-10-8-18(3)9-11-19/h4-11,17,20,26H,12-16H2,1-3H3,(H,27,30). The average molecular weight is 430 g/mol. The van der Waals surface area contributed by atoms with E-state index in [1.807, 2.05) is 24.3 Å². The maximum absolute atomic E-state index is 5.08. The van der Waals surface area contributed by atoms with Crippen molar-refractivity contribution in [1.29, 1.82) is 0 Å². The molecule has 7 nitrogen and oxygen atoms in total. The van der Waals surface area contributed by atoms with Crippen molar-refractivity contribution in [3.63, 3.8) is 0 Å². The summed E-state index contributed by atoms with van der Waals surface area (Å²) in [6, 6.07) is 17.6. The van der Waals surface area contributed by atoms with Crippen molar-refractivity contribution in [2.45, 2.75) is 45.7 Å². The van der Waals surface area contributed by atoms with Crippen molar-refractivity contribution in [3.05, 3.63) is 65.4 Å². The molecule has 0 amide bonds. The number of nitrogens with one attached hydrogen (secondary N) is 2. The normalized spacial score (nSPS) is 17.9. The van der Waals surface area contributed by atoms with Crippen molar-refractivity contribution in [2.75, 3.05) is 25.0 Å². The number of nitrogens with zero attached hydrogens (tertiary/aromatic N) is 5. The van der Waals surface area contributed by atoms with E-state index in [-0.39, 0.29) is 6.04 Å². The van der Waals surface area contributed by atoms with Gasteiger partial charge in [0.05, 0.1) is 17.4 Å². The molecule has 1 fully saturated rings. The zero-order valence-corrected chi connectivity index (χ0v) is 19.0. The smallest absolute Gasteiger partial charge is 0.184 e. The summed E-state index contributed by atoms with van der Waals surface area (Å²) in [4.78, 5) is 9.22. The topological polar surface area (TPSA) is 70.4 Å². The van der Waals surface area contributed by atoms with E-state index in [0.717, 1.165) is 61.2 Å². The van der Waals surface area contributed by atoms with Crippen LogP contribution in [0.25, 0.3) is 0 Å². The van der Waals surface area contributed by atoms with Crippen molar-refractivity contribution in [2.24, 2.45) is 4.99 Å². The predicted octanol–water partition coefficient (Wildman–Crippen LogP) is 4.21. The van der Waals surface area contributed by atoms with Crippen LogP contribution in [0.3, 0.4) is 0 Å². The molecule has 2 N–H and O–H groups in total. The first-order chi connectivity index (χ1) is 15.6. The molecule has 0 saturated carbocycles. The molecule has 7 heteroatoms. The highest BCUT2D eigenvalue weighted by molar-refractivity contribution is 6.05. The molecule has 2 aliphatic heterocycles. The van der Waals surface area contributed by atoms with Crippen LogP contribution in [0.4, 0.5) is 17.2 Å². The summed E-state index contributed by atoms with van der Waals surface area (Å²) in [5.41, 5.74) is 5.41. The Morgan fingerprint density at radius 3 is 2.69 bits per heavy atom. The number of aryl methyl sites for hydroxylation is 2. The molecule has 3 aromatic rings. The third-order valence-electron chi connectivity index (χ3n) is 6.14. The number of piperazine rings is 1. The summed E-state index contributed by atoms with van der Waals surface area (Å²) in [6.45, 7) is 9.05. The predicted molar refractivity (Wildman–Crippen MR) is 129 cm³/mol. The first-order valence-electron chi connectivity index (χ1n) is 11.5. The quantitative estimate of drug-likeness (QED) is 0.650. The van der Waals surface area contributed by atoms with Gasteiger partial charge >= 0.3 is 0 Å². The highest BCUT2D eigenvalue weighted by atomic mass is 15.5. The number of aliphatic imine (C=N–C) groups is 1. The molecule has 0 aliphatic carbocycles. The first-order valence-corrected chi connectivity index (χ1v) is 11.5. The molecule has 3 heterocycles. The van der Waals surface area contributed by atoms with Crippen LogP contribution in [0, 0.1) is 6.92 Å². The van der Waals surface area contributed by atoms with E-state index >= 15 is 0 Å². The van der Waals surface area contributed by atoms with Gasteiger partial charge in [-0.05, 0) is 51.3 Å². The van der Waals surface area contributed by atoms with Crippen LogP contribution in [0.15, 0.2) is 53.5 Å². The summed E-state index contributed by atoms with van der Waals surface area (Å²) >= 11 is 0. The number of fused-ring (bicyclic) bond motifs is 2. The molecule has 0 radical (unpaired) electrons. The molecular weight excluding hydrogens is 398 g/mol. The van der Waals surface area contributed by atoms with E-state index in [9.17, 15) is 0 Å². The summed E-state index contributed by atoms with van der Waals surface area (Å²) in [7, 11) is 0. The van der Waals surface area contributed by atoms with Crippen LogP contribution in [-0.4, -0.2) is 51.4 Å². The van der Waals surface area contributed by atoms with Gasteiger partial charge < -0.3 is 15.5 Å². The Balaban J connectivity index is 1.40. The van der Waals surface area contributed by atoms with Gasteiger partial charge in [-0.15, -0.1) is 10.2 Å². The molecule has 2 aromatic carbocycles. The van der Waals surface area contributed by atoms with Crippen LogP contribution >= 0.6 is 0 Å². The van der Waals surface area contributed by atoms with Crippen molar-refractivity contribution < 1.29 is 0 Å². The highest BCUT2D eigenvalue weighted by Gasteiger charge is 2.29.